The average molecular weight is 470 g/mol. The van der Waals surface area contributed by atoms with Gasteiger partial charge in [0.15, 0.2) is 0 Å². The Bertz CT molecular complexity index is 1340. The maximum absolute atomic E-state index is 13.3. The van der Waals surface area contributed by atoms with Crippen molar-refractivity contribution in [1.29, 1.82) is 0 Å². The molecule has 1 fully saturated rings. The second-order valence-corrected chi connectivity index (χ2v) is 10.3. The molecule has 1 amide bonds. The number of nitrogens with zero attached hydrogens (tertiary/aromatic N) is 2. The van der Waals surface area contributed by atoms with E-state index in [1.165, 1.54) is 48.6 Å². The summed E-state index contributed by atoms with van der Waals surface area (Å²) in [6, 6.07) is 9.16. The van der Waals surface area contributed by atoms with E-state index in [0.29, 0.717) is 11.4 Å². The summed E-state index contributed by atoms with van der Waals surface area (Å²) in [5.74, 6) is 0.270. The van der Waals surface area contributed by atoms with Gasteiger partial charge < -0.3 is 14.6 Å². The molecule has 174 valence electrons. The average Bonchev–Trinajstić information content (AvgIpc) is 2.81. The topological polar surface area (TPSA) is 107 Å². The third-order valence-corrected chi connectivity index (χ3v) is 7.73. The highest BCUT2D eigenvalue weighted by Crippen LogP contribution is 2.23. The van der Waals surface area contributed by atoms with Gasteiger partial charge in [-0.1, -0.05) is 19.3 Å². The molecule has 1 aliphatic rings. The molecule has 9 heteroatoms. The molecule has 3 aromatic rings. The fraction of sp³-hybridized carbons (Fsp3) is 0.375. The van der Waals surface area contributed by atoms with Gasteiger partial charge in [0.2, 0.25) is 21.2 Å². The van der Waals surface area contributed by atoms with E-state index < -0.39 is 20.2 Å². The van der Waals surface area contributed by atoms with Crippen LogP contribution in [0.5, 0.6) is 5.75 Å². The quantitative estimate of drug-likeness (QED) is 0.595. The molecule has 1 saturated carbocycles. The van der Waals surface area contributed by atoms with Crippen molar-refractivity contribution >= 4 is 26.8 Å². The molecule has 0 unspecified atom stereocenters. The Morgan fingerprint density at radius 1 is 1.12 bits per heavy atom. The molecule has 0 bridgehead atoms. The molecule has 1 aromatic carbocycles. The van der Waals surface area contributed by atoms with E-state index in [4.69, 9.17) is 4.74 Å². The van der Waals surface area contributed by atoms with Gasteiger partial charge in [-0.25, -0.2) is 13.4 Å². The van der Waals surface area contributed by atoms with Crippen LogP contribution in [0.25, 0.3) is 11.0 Å². The molecule has 2 aromatic heterocycles. The molecule has 0 aliphatic heterocycles. The van der Waals surface area contributed by atoms with Crippen LogP contribution in [-0.2, 0) is 21.2 Å². The highest BCUT2D eigenvalue weighted by molar-refractivity contribution is 7.91. The fourth-order valence-electron chi connectivity index (χ4n) is 4.20. The summed E-state index contributed by atoms with van der Waals surface area (Å²) in [6.07, 6.45) is 6.44. The zero-order valence-corrected chi connectivity index (χ0v) is 19.5. The van der Waals surface area contributed by atoms with Crippen LogP contribution in [0.3, 0.4) is 0 Å². The van der Waals surface area contributed by atoms with Crippen LogP contribution < -0.4 is 15.5 Å². The number of benzene rings is 1. The number of pyridine rings is 2. The Morgan fingerprint density at radius 3 is 2.48 bits per heavy atom. The Kier molecular flexibility index (Phi) is 6.51. The summed E-state index contributed by atoms with van der Waals surface area (Å²) >= 11 is 0. The van der Waals surface area contributed by atoms with Crippen molar-refractivity contribution in [3.63, 3.8) is 0 Å². The van der Waals surface area contributed by atoms with Crippen molar-refractivity contribution in [3.8, 4) is 5.75 Å². The fourth-order valence-corrected chi connectivity index (χ4v) is 5.57. The number of aromatic nitrogens is 2. The molecule has 1 aliphatic carbocycles. The molecule has 0 atom stereocenters. The third kappa shape index (κ3) is 4.78. The highest BCUT2D eigenvalue weighted by atomic mass is 32.2. The summed E-state index contributed by atoms with van der Waals surface area (Å²) < 4.78 is 33.2. The first kappa shape index (κ1) is 23.0. The number of ether oxygens (including phenoxy) is 1. The van der Waals surface area contributed by atoms with Gasteiger partial charge in [0, 0.05) is 17.9 Å². The lowest BCUT2D eigenvalue weighted by Crippen LogP contribution is -2.38. The summed E-state index contributed by atoms with van der Waals surface area (Å²) in [6.45, 7) is 1.65. The van der Waals surface area contributed by atoms with Gasteiger partial charge in [-0.05, 0) is 56.2 Å². The van der Waals surface area contributed by atoms with Crippen LogP contribution in [0.2, 0.25) is 0 Å². The number of carbonyl (C=O) groups excluding carboxylic acids is 1. The molecule has 4 rings (SSSR count). The normalized spacial score (nSPS) is 14.8. The maximum Gasteiger partial charge on any atom is 0.240 e. The lowest BCUT2D eigenvalue weighted by atomic mass is 9.95. The Hall–Kier alpha value is -3.20. The number of carbonyl (C=O) groups is 1. The van der Waals surface area contributed by atoms with Crippen molar-refractivity contribution in [1.82, 2.24) is 14.9 Å². The number of nitrogens with one attached hydrogen (secondary N) is 1. The number of amides is 1. The number of sulfone groups is 1. The Labute approximate surface area is 192 Å². The minimum absolute atomic E-state index is 0.0296. The second-order valence-electron chi connectivity index (χ2n) is 8.36. The summed E-state index contributed by atoms with van der Waals surface area (Å²) in [5.41, 5.74) is 0.304. The smallest absolute Gasteiger partial charge is 0.240 e. The number of hydrogen-bond donors (Lipinski definition) is 1. The zero-order chi connectivity index (χ0) is 23.6. The van der Waals surface area contributed by atoms with Crippen molar-refractivity contribution in [2.45, 2.75) is 61.4 Å². The minimum Gasteiger partial charge on any atom is -0.497 e. The summed E-state index contributed by atoms with van der Waals surface area (Å²) in [4.78, 5) is 30.0. The first-order valence-electron chi connectivity index (χ1n) is 11.0. The standard InChI is InChI=1S/C24H27N3O5S/c1-16-8-13-20-23(29)21(33(30,31)19-11-9-18(32-2)10-12-19)14-27(24(20)25-16)15-22(28)26-17-6-4-3-5-7-17/h8-14,17H,3-7,15H2,1-2H3,(H,26,28). The number of aryl methyl sites for hydroxylation is 1. The van der Waals surface area contributed by atoms with Gasteiger partial charge in [0.1, 0.15) is 22.8 Å². The van der Waals surface area contributed by atoms with E-state index in [1.54, 1.807) is 19.1 Å². The number of methoxy groups -OCH3 is 1. The van der Waals surface area contributed by atoms with Crippen LogP contribution in [0, 0.1) is 6.92 Å². The van der Waals surface area contributed by atoms with Crippen molar-refractivity contribution in [2.24, 2.45) is 0 Å². The summed E-state index contributed by atoms with van der Waals surface area (Å²) in [5, 5.41) is 3.19. The van der Waals surface area contributed by atoms with Crippen molar-refractivity contribution in [3.05, 3.63) is 58.5 Å². The van der Waals surface area contributed by atoms with Gasteiger partial charge in [-0.2, -0.15) is 0 Å². The van der Waals surface area contributed by atoms with Gasteiger partial charge in [0.05, 0.1) is 17.4 Å². The van der Waals surface area contributed by atoms with Gasteiger partial charge in [0.25, 0.3) is 0 Å². The molecule has 1 N–H and O–H groups in total. The van der Waals surface area contributed by atoms with Gasteiger partial charge in [-0.15, -0.1) is 0 Å². The van der Waals surface area contributed by atoms with Gasteiger partial charge in [-0.3, -0.25) is 9.59 Å². The van der Waals surface area contributed by atoms with E-state index in [2.05, 4.69) is 10.3 Å². The van der Waals surface area contributed by atoms with Crippen molar-refractivity contribution in [2.75, 3.05) is 7.11 Å². The number of rotatable bonds is 6. The van der Waals surface area contributed by atoms with E-state index in [0.717, 1.165) is 25.7 Å². The molecule has 0 radical (unpaired) electrons. The Morgan fingerprint density at radius 2 is 1.82 bits per heavy atom. The lowest BCUT2D eigenvalue weighted by molar-refractivity contribution is -0.122. The maximum atomic E-state index is 13.3. The molecule has 8 nitrogen and oxygen atoms in total. The molecule has 2 heterocycles. The van der Waals surface area contributed by atoms with Gasteiger partial charge >= 0.3 is 0 Å². The van der Waals surface area contributed by atoms with Crippen LogP contribution in [-0.4, -0.2) is 37.0 Å². The number of hydrogen-bond acceptors (Lipinski definition) is 6. The second kappa shape index (κ2) is 9.35. The van der Waals surface area contributed by atoms with E-state index in [9.17, 15) is 18.0 Å². The first-order chi connectivity index (χ1) is 15.8. The van der Waals surface area contributed by atoms with Crippen LogP contribution in [0.1, 0.15) is 37.8 Å². The number of fused-ring (bicyclic) bond motifs is 1. The van der Waals surface area contributed by atoms with Crippen LogP contribution in [0.4, 0.5) is 0 Å². The summed E-state index contributed by atoms with van der Waals surface area (Å²) in [7, 11) is -2.65. The zero-order valence-electron chi connectivity index (χ0n) is 18.7. The first-order valence-corrected chi connectivity index (χ1v) is 12.5. The van der Waals surface area contributed by atoms with Crippen molar-refractivity contribution < 1.29 is 17.9 Å². The Balaban J connectivity index is 1.77. The predicted octanol–water partition coefficient (Wildman–Crippen LogP) is 3.00. The molecule has 0 saturated heterocycles. The van der Waals surface area contributed by atoms with E-state index in [1.807, 2.05) is 0 Å². The van der Waals surface area contributed by atoms with E-state index >= 15 is 0 Å². The minimum atomic E-state index is -4.13. The third-order valence-electron chi connectivity index (χ3n) is 5.97. The lowest BCUT2D eigenvalue weighted by Gasteiger charge is -2.23. The van der Waals surface area contributed by atoms with Crippen LogP contribution >= 0.6 is 0 Å². The predicted molar refractivity (Wildman–Crippen MR) is 124 cm³/mol. The molecular weight excluding hydrogens is 442 g/mol. The highest BCUT2D eigenvalue weighted by Gasteiger charge is 2.25. The molecule has 33 heavy (non-hydrogen) atoms. The van der Waals surface area contributed by atoms with Crippen LogP contribution in [0.15, 0.2) is 57.2 Å². The molecular formula is C24H27N3O5S. The van der Waals surface area contributed by atoms with E-state index in [-0.39, 0.29) is 34.4 Å². The monoisotopic (exact) mass is 469 g/mol. The largest absolute Gasteiger partial charge is 0.497 e. The SMILES string of the molecule is COc1ccc(S(=O)(=O)c2cn(CC(=O)NC3CCCCC3)c3nc(C)ccc3c2=O)cc1. The molecule has 0 spiro atoms.